The van der Waals surface area contributed by atoms with Gasteiger partial charge in [-0.3, -0.25) is 14.7 Å². The van der Waals surface area contributed by atoms with Crippen molar-refractivity contribution in [1.82, 2.24) is 9.88 Å². The number of phenols is 1. The summed E-state index contributed by atoms with van der Waals surface area (Å²) in [7, 11) is 1.89. The number of halogens is 2. The van der Waals surface area contributed by atoms with Gasteiger partial charge in [0.25, 0.3) is 5.92 Å². The second-order valence-electron chi connectivity index (χ2n) is 8.13. The Morgan fingerprint density at radius 2 is 1.88 bits per heavy atom. The van der Waals surface area contributed by atoms with E-state index in [1.165, 1.54) is 0 Å². The second kappa shape index (κ2) is 10.7. The number of benzene rings is 2. The quantitative estimate of drug-likeness (QED) is 0.487. The normalized spacial score (nSPS) is 15.5. The summed E-state index contributed by atoms with van der Waals surface area (Å²) in [5, 5.41) is 10.7. The number of carbonyl (C=O) groups is 1. The molecule has 0 saturated carbocycles. The molecule has 1 aliphatic heterocycles. The Balaban J connectivity index is 0.00000149. The number of nitrogens with zero attached hydrogens (tertiary/aromatic N) is 3. The maximum atomic E-state index is 13.5. The van der Waals surface area contributed by atoms with Gasteiger partial charge in [-0.05, 0) is 29.8 Å². The van der Waals surface area contributed by atoms with Crippen LogP contribution in [0.25, 0.3) is 10.9 Å². The largest absolute Gasteiger partial charge is 0.508 e. The molecule has 0 radical (unpaired) electrons. The van der Waals surface area contributed by atoms with Gasteiger partial charge in [-0.15, -0.1) is 0 Å². The first kappa shape index (κ1) is 24.6. The molecule has 33 heavy (non-hydrogen) atoms. The van der Waals surface area contributed by atoms with Gasteiger partial charge in [0.05, 0.1) is 5.52 Å². The molecule has 3 aromatic rings. The van der Waals surface area contributed by atoms with Crippen molar-refractivity contribution in [3.8, 4) is 5.75 Å². The zero-order valence-electron chi connectivity index (χ0n) is 19.4. The summed E-state index contributed by atoms with van der Waals surface area (Å²) in [4.78, 5) is 20.5. The molecule has 1 aromatic heterocycles. The number of hydrogen-bond acceptors (Lipinski definition) is 5. The van der Waals surface area contributed by atoms with Crippen LogP contribution in [0.2, 0.25) is 0 Å². The fourth-order valence-electron chi connectivity index (χ4n) is 4.13. The van der Waals surface area contributed by atoms with Gasteiger partial charge in [-0.1, -0.05) is 26.0 Å². The Labute approximate surface area is 193 Å². The molecule has 1 aliphatic rings. The second-order valence-corrected chi connectivity index (χ2v) is 8.13. The van der Waals surface area contributed by atoms with E-state index in [2.05, 4.69) is 4.98 Å². The summed E-state index contributed by atoms with van der Waals surface area (Å²) in [6.07, 6.45) is 2.24. The van der Waals surface area contributed by atoms with E-state index in [1.807, 2.05) is 55.0 Å². The van der Waals surface area contributed by atoms with Gasteiger partial charge in [0.2, 0.25) is 0 Å². The number of hydrogen-bond donors (Lipinski definition) is 1. The van der Waals surface area contributed by atoms with Crippen molar-refractivity contribution >= 4 is 22.9 Å². The molecule has 0 aliphatic carbocycles. The zero-order valence-corrected chi connectivity index (χ0v) is 19.4. The lowest BCUT2D eigenvalue weighted by Crippen LogP contribution is -2.38. The van der Waals surface area contributed by atoms with Crippen LogP contribution in [0, 0.1) is 0 Å². The monoisotopic (exact) mass is 455 g/mol. The van der Waals surface area contributed by atoms with Crippen molar-refractivity contribution in [2.24, 2.45) is 0 Å². The first-order chi connectivity index (χ1) is 15.9. The zero-order chi connectivity index (χ0) is 24.0. The smallest absolute Gasteiger partial charge is 0.250 e. The lowest BCUT2D eigenvalue weighted by Gasteiger charge is -2.32. The van der Waals surface area contributed by atoms with Crippen LogP contribution in [0.4, 0.5) is 14.5 Å². The van der Waals surface area contributed by atoms with Crippen LogP contribution in [0.3, 0.4) is 0 Å². The molecule has 1 N–H and O–H groups in total. The first-order valence-electron chi connectivity index (χ1n) is 11.3. The topological polar surface area (TPSA) is 56.7 Å². The summed E-state index contributed by atoms with van der Waals surface area (Å²) in [6.45, 7) is 5.59. The Morgan fingerprint density at radius 3 is 2.55 bits per heavy atom. The predicted octanol–water partition coefficient (Wildman–Crippen LogP) is 5.65. The van der Waals surface area contributed by atoms with E-state index in [1.54, 1.807) is 24.4 Å². The minimum absolute atomic E-state index is 0.142. The van der Waals surface area contributed by atoms with E-state index in [0.717, 1.165) is 34.0 Å². The Bertz CT molecular complexity index is 1090. The number of carbonyl (C=O) groups excluding carboxylic acids is 1. The van der Waals surface area contributed by atoms with Crippen molar-refractivity contribution in [1.29, 1.82) is 0 Å². The summed E-state index contributed by atoms with van der Waals surface area (Å²) in [5.41, 5.74) is 3.80. The number of rotatable bonds is 6. The molecule has 7 heteroatoms. The van der Waals surface area contributed by atoms with Crippen LogP contribution in [0.5, 0.6) is 5.75 Å². The molecule has 2 heterocycles. The van der Waals surface area contributed by atoms with E-state index in [4.69, 9.17) is 0 Å². The number of alkyl halides is 2. The number of aromatic nitrogens is 1. The van der Waals surface area contributed by atoms with Gasteiger partial charge >= 0.3 is 0 Å². The highest BCUT2D eigenvalue weighted by Gasteiger charge is 2.34. The van der Waals surface area contributed by atoms with Gasteiger partial charge in [0.1, 0.15) is 12.0 Å². The highest BCUT2D eigenvalue weighted by atomic mass is 19.3. The highest BCUT2D eigenvalue weighted by Crippen LogP contribution is 2.31. The molecule has 0 amide bonds. The third-order valence-electron chi connectivity index (χ3n) is 5.89. The first-order valence-corrected chi connectivity index (χ1v) is 11.3. The van der Waals surface area contributed by atoms with Crippen molar-refractivity contribution < 1.29 is 18.7 Å². The van der Waals surface area contributed by atoms with E-state index < -0.39 is 5.92 Å². The van der Waals surface area contributed by atoms with E-state index in [0.29, 0.717) is 31.7 Å². The fourth-order valence-corrected chi connectivity index (χ4v) is 4.13. The number of anilines is 1. The Hall–Kier alpha value is -3.06. The molecular weight excluding hydrogens is 424 g/mol. The number of aromatic hydroxyl groups is 1. The van der Waals surface area contributed by atoms with Gasteiger partial charge in [-0.2, -0.15) is 0 Å². The third kappa shape index (κ3) is 5.85. The number of pyridine rings is 1. The number of piperidine rings is 1. The predicted molar refractivity (Wildman–Crippen MR) is 128 cm³/mol. The highest BCUT2D eigenvalue weighted by molar-refractivity contribution is 5.93. The Morgan fingerprint density at radius 1 is 1.15 bits per heavy atom. The molecule has 0 atom stereocenters. The van der Waals surface area contributed by atoms with Crippen LogP contribution >= 0.6 is 0 Å². The lowest BCUT2D eigenvalue weighted by atomic mass is 9.96. The Kier molecular flexibility index (Phi) is 7.97. The third-order valence-corrected chi connectivity index (χ3v) is 5.89. The fraction of sp³-hybridized carbons (Fsp3) is 0.385. The molecule has 2 aromatic carbocycles. The SMILES string of the molecule is CC.CN(Cc1c(C=O)cc(CN2CCC(F)(F)CC2)c2cccnc12)c1cccc(O)c1. The van der Waals surface area contributed by atoms with Crippen LogP contribution in [0.1, 0.15) is 48.2 Å². The lowest BCUT2D eigenvalue weighted by molar-refractivity contribution is -0.0565. The van der Waals surface area contributed by atoms with Crippen molar-refractivity contribution in [2.45, 2.75) is 45.7 Å². The summed E-state index contributed by atoms with van der Waals surface area (Å²) >= 11 is 0. The number of phenolic OH excluding ortho intramolecular Hbond substituents is 1. The van der Waals surface area contributed by atoms with Crippen molar-refractivity contribution in [3.05, 3.63) is 65.4 Å². The van der Waals surface area contributed by atoms with Crippen molar-refractivity contribution in [3.63, 3.8) is 0 Å². The molecule has 1 fully saturated rings. The maximum Gasteiger partial charge on any atom is 0.250 e. The molecule has 176 valence electrons. The van der Waals surface area contributed by atoms with Crippen LogP contribution < -0.4 is 4.90 Å². The number of aldehydes is 1. The van der Waals surface area contributed by atoms with Gasteiger partial charge < -0.3 is 10.0 Å². The minimum Gasteiger partial charge on any atom is -0.508 e. The van der Waals surface area contributed by atoms with E-state index in [9.17, 15) is 18.7 Å². The van der Waals surface area contributed by atoms with E-state index >= 15 is 0 Å². The molecule has 4 rings (SSSR count). The molecule has 5 nitrogen and oxygen atoms in total. The average Bonchev–Trinajstić information content (AvgIpc) is 2.83. The molecule has 0 spiro atoms. The molecular formula is C26H31F2N3O2. The number of likely N-dealkylation sites (tertiary alicyclic amines) is 1. The summed E-state index contributed by atoms with van der Waals surface area (Å²) in [5.74, 6) is -2.42. The van der Waals surface area contributed by atoms with Crippen LogP contribution in [-0.4, -0.2) is 47.3 Å². The van der Waals surface area contributed by atoms with Crippen LogP contribution in [0.15, 0.2) is 48.7 Å². The molecule has 1 saturated heterocycles. The van der Waals surface area contributed by atoms with Gasteiger partial charge in [0.15, 0.2) is 0 Å². The van der Waals surface area contributed by atoms with Crippen molar-refractivity contribution in [2.75, 3.05) is 25.0 Å². The standard InChI is InChI=1S/C24H25F2N3O2.C2H6/c1-28(19-4-2-5-20(31)13-19)15-22-18(16-30)12-17(21-6-3-9-27-23(21)22)14-29-10-7-24(25,26)8-11-29;1-2/h2-6,9,12-13,16,31H,7-8,10-11,14-15H2,1H3;1-2H3. The molecule has 0 unspecified atom stereocenters. The van der Waals surface area contributed by atoms with Gasteiger partial charge in [-0.25, -0.2) is 8.78 Å². The maximum absolute atomic E-state index is 13.5. The van der Waals surface area contributed by atoms with Gasteiger partial charge in [0, 0.05) is 80.5 Å². The van der Waals surface area contributed by atoms with E-state index in [-0.39, 0.29) is 18.6 Å². The summed E-state index contributed by atoms with van der Waals surface area (Å²) in [6, 6.07) is 12.6. The number of fused-ring (bicyclic) bond motifs is 1. The average molecular weight is 456 g/mol. The summed E-state index contributed by atoms with van der Waals surface area (Å²) < 4.78 is 27.0. The molecule has 0 bridgehead atoms. The van der Waals surface area contributed by atoms with Crippen LogP contribution in [-0.2, 0) is 13.1 Å². The minimum atomic E-state index is -2.59.